The molecule has 4 aliphatic rings. The van der Waals surface area contributed by atoms with Gasteiger partial charge in [-0.15, -0.1) is 0 Å². The summed E-state index contributed by atoms with van der Waals surface area (Å²) in [4.78, 5) is 57.4. The average Bonchev–Trinajstić information content (AvgIpc) is 3.60. The minimum Gasteiger partial charge on any atom is -0.477 e. The number of amides is 3. The number of fused-ring (bicyclic) bond motifs is 1. The lowest BCUT2D eigenvalue weighted by Gasteiger charge is -2.50. The number of β-lactam (4-membered cyclic amide) rings is 1. The SMILES string of the molecule is Nc1nc(/C(=N\O)C(=O)N[C@@H]2C(=O)N3C(C(=O)O)=C(/C=C4\CCN([C@@H]5CCNC5)C4=O)CC[C@H]23)ns1. The Balaban J connectivity index is 1.33. The molecule has 36 heavy (non-hydrogen) atoms. The van der Waals surface area contributed by atoms with E-state index in [1.54, 1.807) is 6.08 Å². The fourth-order valence-electron chi connectivity index (χ4n) is 5.20. The summed E-state index contributed by atoms with van der Waals surface area (Å²) in [5.41, 5.74) is 5.75. The maximum absolute atomic E-state index is 12.9. The van der Waals surface area contributed by atoms with Crippen molar-refractivity contribution in [3.63, 3.8) is 0 Å². The van der Waals surface area contributed by atoms with Crippen LogP contribution in [0.3, 0.4) is 0 Å². The molecule has 3 atom stereocenters. The molecule has 190 valence electrons. The molecule has 1 aromatic heterocycles. The van der Waals surface area contributed by atoms with Crippen LogP contribution in [0, 0.1) is 0 Å². The number of oxime groups is 1. The summed E-state index contributed by atoms with van der Waals surface area (Å²) in [6.07, 6.45) is 3.70. The molecule has 0 bridgehead atoms. The van der Waals surface area contributed by atoms with E-state index in [9.17, 15) is 29.5 Å². The van der Waals surface area contributed by atoms with Crippen molar-refractivity contribution in [1.82, 2.24) is 29.8 Å². The zero-order valence-electron chi connectivity index (χ0n) is 19.0. The van der Waals surface area contributed by atoms with Crippen LogP contribution in [0.2, 0.25) is 0 Å². The van der Waals surface area contributed by atoms with Crippen LogP contribution >= 0.6 is 11.5 Å². The van der Waals surface area contributed by atoms with Crippen molar-refractivity contribution in [2.24, 2.45) is 5.16 Å². The number of aromatic nitrogens is 2. The minimum atomic E-state index is -1.29. The number of nitrogens with zero attached hydrogens (tertiary/aromatic N) is 5. The van der Waals surface area contributed by atoms with Gasteiger partial charge < -0.3 is 31.6 Å². The Morgan fingerprint density at radius 1 is 1.28 bits per heavy atom. The molecule has 0 spiro atoms. The number of allylic oxidation sites excluding steroid dienone is 2. The van der Waals surface area contributed by atoms with E-state index in [4.69, 9.17) is 5.73 Å². The fraction of sp³-hybridized carbons (Fsp3) is 0.476. The maximum atomic E-state index is 12.9. The second-order valence-electron chi connectivity index (χ2n) is 8.91. The molecule has 0 aromatic carbocycles. The third-order valence-corrected chi connectivity index (χ3v) is 7.46. The van der Waals surface area contributed by atoms with Crippen molar-refractivity contribution in [3.8, 4) is 0 Å². The first-order valence-electron chi connectivity index (χ1n) is 11.4. The Bertz CT molecular complexity index is 1230. The van der Waals surface area contributed by atoms with Crippen molar-refractivity contribution in [2.45, 2.75) is 43.8 Å². The zero-order valence-corrected chi connectivity index (χ0v) is 19.8. The van der Waals surface area contributed by atoms with Crippen molar-refractivity contribution in [3.05, 3.63) is 28.7 Å². The number of carbonyl (C=O) groups is 4. The summed E-state index contributed by atoms with van der Waals surface area (Å²) in [6.45, 7) is 2.19. The van der Waals surface area contributed by atoms with Crippen LogP contribution < -0.4 is 16.4 Å². The summed E-state index contributed by atoms with van der Waals surface area (Å²) in [5.74, 6) is -3.07. The third kappa shape index (κ3) is 3.99. The van der Waals surface area contributed by atoms with Crippen molar-refractivity contribution < 1.29 is 29.5 Å². The number of carboxylic acid groups (broad SMARTS) is 1. The Kier molecular flexibility index (Phi) is 6.17. The van der Waals surface area contributed by atoms with E-state index in [0.29, 0.717) is 37.0 Å². The molecule has 0 aliphatic carbocycles. The van der Waals surface area contributed by atoms with Gasteiger partial charge in [-0.2, -0.15) is 9.36 Å². The smallest absolute Gasteiger partial charge is 0.352 e. The summed E-state index contributed by atoms with van der Waals surface area (Å²) >= 11 is 0.809. The number of hydrogen-bond acceptors (Lipinski definition) is 11. The molecule has 1 aromatic rings. The molecule has 3 fully saturated rings. The lowest BCUT2D eigenvalue weighted by atomic mass is 9.83. The lowest BCUT2D eigenvalue weighted by Crippen LogP contribution is -2.72. The van der Waals surface area contributed by atoms with Crippen molar-refractivity contribution >= 4 is 46.1 Å². The van der Waals surface area contributed by atoms with Crippen LogP contribution in [-0.4, -0.2) is 96.6 Å². The molecule has 15 heteroatoms. The standard InChI is InChI=1S/C21H24N8O6S/c22-21-25-16(27-36-21)14(26-35)17(30)24-13-12-2-1-9(15(20(33)34)29(12)19(13)32)7-10-4-6-28(18(10)31)11-3-5-23-8-11/h7,11-13,23,35H,1-6,8H2,(H,24,30)(H,33,34)(H2,22,25,27)/b10-7+,26-14+/t11-,12-,13+/m1/s1. The van der Waals surface area contributed by atoms with Crippen LogP contribution in [-0.2, 0) is 19.2 Å². The number of nitrogens with two attached hydrogens (primary N) is 1. The summed E-state index contributed by atoms with van der Waals surface area (Å²) < 4.78 is 3.82. The van der Waals surface area contributed by atoms with Crippen LogP contribution in [0.25, 0.3) is 0 Å². The van der Waals surface area contributed by atoms with Gasteiger partial charge in [-0.1, -0.05) is 5.16 Å². The first kappa shape index (κ1) is 23.9. The van der Waals surface area contributed by atoms with E-state index in [2.05, 4.69) is 25.1 Å². The van der Waals surface area contributed by atoms with Gasteiger partial charge in [0.2, 0.25) is 17.4 Å². The van der Waals surface area contributed by atoms with E-state index < -0.39 is 35.6 Å². The molecule has 14 nitrogen and oxygen atoms in total. The largest absolute Gasteiger partial charge is 0.477 e. The Hall–Kier alpha value is -3.85. The molecule has 5 rings (SSSR count). The Labute approximate surface area is 208 Å². The van der Waals surface area contributed by atoms with E-state index in [-0.39, 0.29) is 28.6 Å². The summed E-state index contributed by atoms with van der Waals surface area (Å²) in [7, 11) is 0. The molecular formula is C21H24N8O6S. The second-order valence-corrected chi connectivity index (χ2v) is 9.70. The molecule has 0 unspecified atom stereocenters. The van der Waals surface area contributed by atoms with E-state index in [1.807, 2.05) is 4.90 Å². The molecule has 4 aliphatic heterocycles. The number of likely N-dealkylation sites (tertiary alicyclic amines) is 1. The number of nitrogen functional groups attached to an aromatic ring is 1. The summed E-state index contributed by atoms with van der Waals surface area (Å²) in [6, 6.07) is -1.47. The van der Waals surface area contributed by atoms with Gasteiger partial charge >= 0.3 is 5.97 Å². The molecule has 3 amide bonds. The van der Waals surface area contributed by atoms with Gasteiger partial charge in [0, 0.05) is 36.2 Å². The second kappa shape index (κ2) is 9.31. The molecule has 0 saturated carbocycles. The van der Waals surface area contributed by atoms with Gasteiger partial charge in [-0.25, -0.2) is 4.79 Å². The monoisotopic (exact) mass is 516 g/mol. The van der Waals surface area contributed by atoms with Gasteiger partial charge in [-0.3, -0.25) is 19.3 Å². The molecule has 0 radical (unpaired) electrons. The van der Waals surface area contributed by atoms with E-state index >= 15 is 0 Å². The predicted molar refractivity (Wildman–Crippen MR) is 125 cm³/mol. The van der Waals surface area contributed by atoms with Gasteiger partial charge in [0.1, 0.15) is 11.7 Å². The average molecular weight is 517 g/mol. The van der Waals surface area contributed by atoms with Crippen molar-refractivity contribution in [2.75, 3.05) is 25.4 Å². The molecule has 6 N–H and O–H groups in total. The number of hydrogen-bond donors (Lipinski definition) is 5. The van der Waals surface area contributed by atoms with Crippen LogP contribution in [0.5, 0.6) is 0 Å². The number of nitrogens with one attached hydrogen (secondary N) is 2. The van der Waals surface area contributed by atoms with Crippen LogP contribution in [0.4, 0.5) is 5.13 Å². The first-order valence-corrected chi connectivity index (χ1v) is 12.2. The Morgan fingerprint density at radius 3 is 2.72 bits per heavy atom. The van der Waals surface area contributed by atoms with Gasteiger partial charge in [0.25, 0.3) is 11.8 Å². The molecule has 5 heterocycles. The highest BCUT2D eigenvalue weighted by atomic mass is 32.1. The normalized spacial score (nSPS) is 27.5. The number of carboxylic acids is 1. The van der Waals surface area contributed by atoms with E-state index in [0.717, 1.165) is 35.9 Å². The minimum absolute atomic E-state index is 0.0683. The van der Waals surface area contributed by atoms with Gasteiger partial charge in [-0.05, 0) is 43.9 Å². The fourth-order valence-corrected chi connectivity index (χ4v) is 5.63. The topological polar surface area (TPSA) is 203 Å². The molecule has 3 saturated heterocycles. The highest BCUT2D eigenvalue weighted by Crippen LogP contribution is 2.38. The van der Waals surface area contributed by atoms with Gasteiger partial charge in [0.05, 0.1) is 6.04 Å². The third-order valence-electron chi connectivity index (χ3n) is 6.91. The number of aliphatic carboxylic acids is 1. The predicted octanol–water partition coefficient (Wildman–Crippen LogP) is -1.35. The van der Waals surface area contributed by atoms with Crippen molar-refractivity contribution in [1.29, 1.82) is 0 Å². The highest BCUT2D eigenvalue weighted by Gasteiger charge is 2.53. The van der Waals surface area contributed by atoms with Crippen LogP contribution in [0.15, 0.2) is 28.1 Å². The number of anilines is 1. The Morgan fingerprint density at radius 2 is 2.08 bits per heavy atom. The van der Waals surface area contributed by atoms with Gasteiger partial charge in [0.15, 0.2) is 5.13 Å². The maximum Gasteiger partial charge on any atom is 0.352 e. The first-order chi connectivity index (χ1) is 17.3. The highest BCUT2D eigenvalue weighted by molar-refractivity contribution is 7.09. The summed E-state index contributed by atoms with van der Waals surface area (Å²) in [5, 5.41) is 27.9. The quantitative estimate of drug-likeness (QED) is 0.0988. The molecular weight excluding hydrogens is 492 g/mol. The number of rotatable bonds is 6. The lowest BCUT2D eigenvalue weighted by molar-refractivity contribution is -0.155. The van der Waals surface area contributed by atoms with Crippen LogP contribution in [0.1, 0.15) is 31.5 Å². The zero-order chi connectivity index (χ0) is 25.6. The number of carbonyl (C=O) groups excluding carboxylic acids is 3. The van der Waals surface area contributed by atoms with E-state index in [1.165, 1.54) is 0 Å².